The smallest absolute Gasteiger partial charge is 0.308 e. The fourth-order valence-corrected chi connectivity index (χ4v) is 1.99. The van der Waals surface area contributed by atoms with Crippen molar-refractivity contribution in [2.75, 3.05) is 13.2 Å². The lowest BCUT2D eigenvalue weighted by molar-refractivity contribution is -0.155. The Morgan fingerprint density at radius 3 is 1.90 bits per heavy atom. The van der Waals surface area contributed by atoms with Gasteiger partial charge in [-0.15, -0.1) is 0 Å². The van der Waals surface area contributed by atoms with Crippen LogP contribution in [0.1, 0.15) is 67.7 Å². The van der Waals surface area contributed by atoms with Gasteiger partial charge in [0, 0.05) is 6.42 Å². The van der Waals surface area contributed by atoms with Gasteiger partial charge in [-0.2, -0.15) is 0 Å². The molecular formula is C17H32O4. The molecule has 1 atom stereocenters. The Morgan fingerprint density at radius 2 is 1.43 bits per heavy atom. The van der Waals surface area contributed by atoms with E-state index in [1.165, 1.54) is 0 Å². The molecule has 4 heteroatoms. The number of rotatable bonds is 7. The van der Waals surface area contributed by atoms with Crippen molar-refractivity contribution in [3.63, 3.8) is 0 Å². The summed E-state index contributed by atoms with van der Waals surface area (Å²) < 4.78 is 10.2. The minimum absolute atomic E-state index is 0.0951. The monoisotopic (exact) mass is 300 g/mol. The summed E-state index contributed by atoms with van der Waals surface area (Å²) in [6, 6.07) is 0. The fraction of sp³-hybridized carbons (Fsp3) is 0.882. The fourth-order valence-electron chi connectivity index (χ4n) is 1.99. The van der Waals surface area contributed by atoms with Crippen LogP contribution in [0.3, 0.4) is 0 Å². The van der Waals surface area contributed by atoms with Crippen LogP contribution in [-0.4, -0.2) is 25.2 Å². The van der Waals surface area contributed by atoms with E-state index in [0.717, 1.165) is 12.8 Å². The lowest BCUT2D eigenvalue weighted by Gasteiger charge is -2.22. The summed E-state index contributed by atoms with van der Waals surface area (Å²) in [6.45, 7) is 14.7. The predicted octanol–water partition coefficient (Wildman–Crippen LogP) is 3.97. The van der Waals surface area contributed by atoms with Gasteiger partial charge in [-0.25, -0.2) is 0 Å². The molecule has 21 heavy (non-hydrogen) atoms. The maximum Gasteiger partial charge on any atom is 0.308 e. The molecule has 0 amide bonds. The first-order valence-corrected chi connectivity index (χ1v) is 7.73. The predicted molar refractivity (Wildman–Crippen MR) is 83.8 cm³/mol. The third kappa shape index (κ3) is 12.4. The van der Waals surface area contributed by atoms with Crippen molar-refractivity contribution in [3.05, 3.63) is 0 Å². The number of esters is 2. The van der Waals surface area contributed by atoms with E-state index in [1.807, 2.05) is 6.92 Å². The van der Waals surface area contributed by atoms with E-state index in [1.54, 1.807) is 0 Å². The average molecular weight is 300 g/mol. The van der Waals surface area contributed by atoms with Crippen LogP contribution in [0.15, 0.2) is 0 Å². The van der Waals surface area contributed by atoms with Crippen LogP contribution in [0, 0.1) is 16.7 Å². The molecule has 0 N–H and O–H groups in total. The Bertz CT molecular complexity index is 334. The van der Waals surface area contributed by atoms with Gasteiger partial charge in [0.25, 0.3) is 0 Å². The van der Waals surface area contributed by atoms with Crippen molar-refractivity contribution in [2.45, 2.75) is 67.7 Å². The van der Waals surface area contributed by atoms with Gasteiger partial charge in [-0.3, -0.25) is 9.59 Å². The van der Waals surface area contributed by atoms with E-state index in [2.05, 4.69) is 41.5 Å². The second-order valence-electron chi connectivity index (χ2n) is 8.11. The number of hydrogen-bond acceptors (Lipinski definition) is 4. The second-order valence-corrected chi connectivity index (χ2v) is 8.11. The minimum Gasteiger partial charge on any atom is -0.462 e. The molecule has 0 aromatic carbocycles. The summed E-state index contributed by atoms with van der Waals surface area (Å²) >= 11 is 0. The Balaban J connectivity index is 3.80. The quantitative estimate of drug-likeness (QED) is 0.527. The number of carbonyl (C=O) groups is 2. The molecule has 1 unspecified atom stereocenters. The molecule has 0 fully saturated rings. The van der Waals surface area contributed by atoms with Crippen LogP contribution in [0.2, 0.25) is 0 Å². The van der Waals surface area contributed by atoms with Gasteiger partial charge < -0.3 is 9.47 Å². The second kappa shape index (κ2) is 8.40. The molecule has 0 aliphatic rings. The van der Waals surface area contributed by atoms with E-state index >= 15 is 0 Å². The van der Waals surface area contributed by atoms with Crippen molar-refractivity contribution < 1.29 is 19.1 Å². The Labute approximate surface area is 129 Å². The Morgan fingerprint density at radius 1 is 0.905 bits per heavy atom. The zero-order valence-corrected chi connectivity index (χ0v) is 14.7. The van der Waals surface area contributed by atoms with E-state index in [9.17, 15) is 9.59 Å². The summed E-state index contributed by atoms with van der Waals surface area (Å²) in [7, 11) is 0. The zero-order chi connectivity index (χ0) is 16.7. The third-order valence-electron chi connectivity index (χ3n) is 2.99. The van der Waals surface area contributed by atoms with Crippen LogP contribution in [-0.2, 0) is 19.1 Å². The lowest BCUT2D eigenvalue weighted by Crippen LogP contribution is -2.22. The molecule has 0 aliphatic heterocycles. The third-order valence-corrected chi connectivity index (χ3v) is 2.99. The van der Waals surface area contributed by atoms with Crippen LogP contribution in [0.4, 0.5) is 0 Å². The Kier molecular flexibility index (Phi) is 7.98. The normalized spacial score (nSPS) is 13.7. The molecule has 0 saturated carbocycles. The molecule has 0 spiro atoms. The molecule has 0 aromatic rings. The highest BCUT2D eigenvalue weighted by atomic mass is 16.6. The average Bonchev–Trinajstić information content (AvgIpc) is 2.28. The Hall–Kier alpha value is -1.06. The van der Waals surface area contributed by atoms with Gasteiger partial charge in [0.1, 0.15) is 13.2 Å². The maximum absolute atomic E-state index is 11.8. The van der Waals surface area contributed by atoms with Gasteiger partial charge >= 0.3 is 11.9 Å². The largest absolute Gasteiger partial charge is 0.462 e. The summed E-state index contributed by atoms with van der Waals surface area (Å²) in [6.07, 6.45) is 1.96. The van der Waals surface area contributed by atoms with Gasteiger partial charge in [-0.1, -0.05) is 48.5 Å². The highest BCUT2D eigenvalue weighted by molar-refractivity contribution is 5.72. The SMILES string of the molecule is CC(CC(C)(C)C)C(=O)OCCOC(=O)CCC(C)(C)C. The van der Waals surface area contributed by atoms with Crippen molar-refractivity contribution in [1.82, 2.24) is 0 Å². The molecule has 0 radical (unpaired) electrons. The van der Waals surface area contributed by atoms with Crippen molar-refractivity contribution in [2.24, 2.45) is 16.7 Å². The minimum atomic E-state index is -0.233. The molecule has 0 saturated heterocycles. The molecule has 0 aromatic heterocycles. The van der Waals surface area contributed by atoms with E-state index in [0.29, 0.717) is 6.42 Å². The summed E-state index contributed by atoms with van der Waals surface area (Å²) in [4.78, 5) is 23.3. The van der Waals surface area contributed by atoms with E-state index in [4.69, 9.17) is 9.47 Å². The summed E-state index contributed by atoms with van der Waals surface area (Å²) in [5.41, 5.74) is 0.214. The van der Waals surface area contributed by atoms with Gasteiger partial charge in [-0.05, 0) is 23.7 Å². The van der Waals surface area contributed by atoms with Gasteiger partial charge in [0.05, 0.1) is 5.92 Å². The van der Waals surface area contributed by atoms with Crippen LogP contribution < -0.4 is 0 Å². The zero-order valence-electron chi connectivity index (χ0n) is 14.7. The highest BCUT2D eigenvalue weighted by Gasteiger charge is 2.22. The molecular weight excluding hydrogens is 268 g/mol. The van der Waals surface area contributed by atoms with Crippen molar-refractivity contribution in [3.8, 4) is 0 Å². The first kappa shape index (κ1) is 19.9. The molecule has 0 rings (SSSR count). The number of ether oxygens (including phenoxy) is 2. The lowest BCUT2D eigenvalue weighted by atomic mass is 9.85. The molecule has 4 nitrogen and oxygen atoms in total. The van der Waals surface area contributed by atoms with E-state index in [-0.39, 0.29) is 41.9 Å². The number of carbonyl (C=O) groups excluding carboxylic acids is 2. The maximum atomic E-state index is 11.8. The number of hydrogen-bond donors (Lipinski definition) is 0. The summed E-state index contributed by atoms with van der Waals surface area (Å²) in [5, 5.41) is 0. The van der Waals surface area contributed by atoms with Crippen LogP contribution >= 0.6 is 0 Å². The molecule has 0 heterocycles. The van der Waals surface area contributed by atoms with Crippen molar-refractivity contribution in [1.29, 1.82) is 0 Å². The summed E-state index contributed by atoms with van der Waals surface area (Å²) in [5.74, 6) is -0.596. The van der Waals surface area contributed by atoms with Gasteiger partial charge in [0.2, 0.25) is 0 Å². The topological polar surface area (TPSA) is 52.6 Å². The molecule has 124 valence electrons. The molecule has 0 bridgehead atoms. The first-order chi connectivity index (χ1) is 9.41. The van der Waals surface area contributed by atoms with Crippen molar-refractivity contribution >= 4 is 11.9 Å². The standard InChI is InChI=1S/C17H32O4/c1-13(12-17(5,6)7)15(19)21-11-10-20-14(18)8-9-16(2,3)4/h13H,8-12H2,1-7H3. The molecule has 0 aliphatic carbocycles. The highest BCUT2D eigenvalue weighted by Crippen LogP contribution is 2.24. The van der Waals surface area contributed by atoms with Gasteiger partial charge in [0.15, 0.2) is 0 Å². The van der Waals surface area contributed by atoms with Crippen LogP contribution in [0.25, 0.3) is 0 Å². The first-order valence-electron chi connectivity index (χ1n) is 7.73. The van der Waals surface area contributed by atoms with Crippen LogP contribution in [0.5, 0.6) is 0 Å². The van der Waals surface area contributed by atoms with E-state index < -0.39 is 0 Å².